The Bertz CT molecular complexity index is 1140. The van der Waals surface area contributed by atoms with E-state index < -0.39 is 0 Å². The molecule has 0 aliphatic carbocycles. The Labute approximate surface area is 164 Å². The maximum Gasteiger partial charge on any atom is 0.224 e. The van der Waals surface area contributed by atoms with Crippen molar-refractivity contribution in [3.8, 4) is 5.75 Å². The van der Waals surface area contributed by atoms with Crippen LogP contribution in [-0.2, 0) is 11.2 Å². The largest absolute Gasteiger partial charge is 0.496 e. The standard InChI is InChI=1S/C24H23NO3/c1-16-14-17(10-13-21(16)27-2)6-5-9-24(26)25-18-11-12-20-19-7-3-4-8-22(19)28-23(20)15-18/h3-4,7-8,10-15H,5-6,9H2,1-2H3,(H,25,26). The van der Waals surface area contributed by atoms with Gasteiger partial charge in [0, 0.05) is 28.9 Å². The van der Waals surface area contributed by atoms with E-state index in [0.29, 0.717) is 6.42 Å². The highest BCUT2D eigenvalue weighted by Gasteiger charge is 2.09. The second kappa shape index (κ2) is 7.77. The molecular formula is C24H23NO3. The van der Waals surface area contributed by atoms with Gasteiger partial charge in [0.2, 0.25) is 5.91 Å². The molecule has 0 unspecified atom stereocenters. The van der Waals surface area contributed by atoms with Crippen molar-refractivity contribution < 1.29 is 13.9 Å². The number of carbonyl (C=O) groups excluding carboxylic acids is 1. The molecule has 0 aliphatic rings. The van der Waals surface area contributed by atoms with Gasteiger partial charge in [0.1, 0.15) is 16.9 Å². The Morgan fingerprint density at radius 3 is 2.64 bits per heavy atom. The molecule has 3 aromatic carbocycles. The van der Waals surface area contributed by atoms with Gasteiger partial charge >= 0.3 is 0 Å². The lowest BCUT2D eigenvalue weighted by Crippen LogP contribution is -2.11. The minimum absolute atomic E-state index is 0.0145. The number of methoxy groups -OCH3 is 1. The molecule has 0 spiro atoms. The van der Waals surface area contributed by atoms with Gasteiger partial charge in [0.05, 0.1) is 7.11 Å². The van der Waals surface area contributed by atoms with Crippen molar-refractivity contribution in [2.24, 2.45) is 0 Å². The summed E-state index contributed by atoms with van der Waals surface area (Å²) in [6, 6.07) is 19.9. The number of rotatable bonds is 6. The van der Waals surface area contributed by atoms with Crippen LogP contribution in [0.1, 0.15) is 24.0 Å². The van der Waals surface area contributed by atoms with Crippen LogP contribution in [0.4, 0.5) is 5.69 Å². The quantitative estimate of drug-likeness (QED) is 0.460. The van der Waals surface area contributed by atoms with Gasteiger partial charge in [-0.1, -0.05) is 30.3 Å². The number of ether oxygens (including phenoxy) is 1. The highest BCUT2D eigenvalue weighted by molar-refractivity contribution is 6.06. The smallest absolute Gasteiger partial charge is 0.224 e. The molecular weight excluding hydrogens is 350 g/mol. The molecule has 4 rings (SSSR count). The molecule has 28 heavy (non-hydrogen) atoms. The predicted molar refractivity (Wildman–Crippen MR) is 113 cm³/mol. The summed E-state index contributed by atoms with van der Waals surface area (Å²) in [7, 11) is 1.68. The second-order valence-corrected chi connectivity index (χ2v) is 7.01. The van der Waals surface area contributed by atoms with Crippen molar-refractivity contribution >= 4 is 33.5 Å². The van der Waals surface area contributed by atoms with E-state index in [4.69, 9.17) is 9.15 Å². The summed E-state index contributed by atoms with van der Waals surface area (Å²) in [5.74, 6) is 0.906. The predicted octanol–water partition coefficient (Wildman–Crippen LogP) is 5.86. The second-order valence-electron chi connectivity index (χ2n) is 7.01. The Morgan fingerprint density at radius 2 is 1.82 bits per heavy atom. The Balaban J connectivity index is 1.37. The lowest BCUT2D eigenvalue weighted by molar-refractivity contribution is -0.116. The lowest BCUT2D eigenvalue weighted by Gasteiger charge is -2.08. The van der Waals surface area contributed by atoms with Crippen molar-refractivity contribution in [1.29, 1.82) is 0 Å². The van der Waals surface area contributed by atoms with Crippen molar-refractivity contribution in [2.45, 2.75) is 26.2 Å². The van der Waals surface area contributed by atoms with Crippen LogP contribution in [-0.4, -0.2) is 13.0 Å². The van der Waals surface area contributed by atoms with Gasteiger partial charge in [-0.15, -0.1) is 0 Å². The fourth-order valence-corrected chi connectivity index (χ4v) is 3.58. The topological polar surface area (TPSA) is 51.5 Å². The maximum atomic E-state index is 12.3. The summed E-state index contributed by atoms with van der Waals surface area (Å²) < 4.78 is 11.2. The molecule has 4 nitrogen and oxygen atoms in total. The van der Waals surface area contributed by atoms with Crippen LogP contribution in [0.25, 0.3) is 21.9 Å². The monoisotopic (exact) mass is 373 g/mol. The number of fused-ring (bicyclic) bond motifs is 3. The molecule has 4 heteroatoms. The molecule has 0 aliphatic heterocycles. The Hall–Kier alpha value is -3.27. The van der Waals surface area contributed by atoms with Crippen LogP contribution < -0.4 is 10.1 Å². The number of benzene rings is 3. The van der Waals surface area contributed by atoms with E-state index in [2.05, 4.69) is 17.4 Å². The minimum atomic E-state index is 0.0145. The normalized spacial score (nSPS) is 11.1. The van der Waals surface area contributed by atoms with Gasteiger partial charge in [0.15, 0.2) is 0 Å². The number of hydrogen-bond acceptors (Lipinski definition) is 3. The van der Waals surface area contributed by atoms with E-state index in [1.807, 2.05) is 55.5 Å². The van der Waals surface area contributed by atoms with Gasteiger partial charge in [0.25, 0.3) is 0 Å². The Kier molecular flexibility index (Phi) is 5.02. The molecule has 1 aromatic heterocycles. The first-order valence-corrected chi connectivity index (χ1v) is 9.49. The third-order valence-electron chi connectivity index (χ3n) is 4.99. The van der Waals surface area contributed by atoms with E-state index in [0.717, 1.165) is 51.8 Å². The molecule has 0 fully saturated rings. The van der Waals surface area contributed by atoms with Crippen LogP contribution in [0, 0.1) is 6.92 Å². The number of para-hydroxylation sites is 1. The van der Waals surface area contributed by atoms with Crippen molar-refractivity contribution in [1.82, 2.24) is 0 Å². The Morgan fingerprint density at radius 1 is 1.00 bits per heavy atom. The highest BCUT2D eigenvalue weighted by atomic mass is 16.5. The van der Waals surface area contributed by atoms with Crippen LogP contribution >= 0.6 is 0 Å². The lowest BCUT2D eigenvalue weighted by atomic mass is 10.0. The zero-order valence-electron chi connectivity index (χ0n) is 16.1. The summed E-state index contributed by atoms with van der Waals surface area (Å²) >= 11 is 0. The summed E-state index contributed by atoms with van der Waals surface area (Å²) in [6.07, 6.45) is 2.13. The van der Waals surface area contributed by atoms with E-state index in [9.17, 15) is 4.79 Å². The van der Waals surface area contributed by atoms with Gasteiger partial charge in [-0.3, -0.25) is 4.79 Å². The molecule has 1 N–H and O–H groups in total. The number of hydrogen-bond donors (Lipinski definition) is 1. The molecule has 0 bridgehead atoms. The van der Waals surface area contributed by atoms with Gasteiger partial charge < -0.3 is 14.5 Å². The molecule has 1 heterocycles. The third-order valence-corrected chi connectivity index (χ3v) is 4.99. The van der Waals surface area contributed by atoms with Gasteiger partial charge in [-0.2, -0.15) is 0 Å². The van der Waals surface area contributed by atoms with Gasteiger partial charge in [-0.25, -0.2) is 0 Å². The zero-order valence-corrected chi connectivity index (χ0v) is 16.1. The van der Waals surface area contributed by atoms with E-state index >= 15 is 0 Å². The molecule has 4 aromatic rings. The number of nitrogens with one attached hydrogen (secondary N) is 1. The summed E-state index contributed by atoms with van der Waals surface area (Å²) in [4.78, 5) is 12.3. The number of anilines is 1. The number of amides is 1. The number of aryl methyl sites for hydroxylation is 2. The molecule has 0 saturated carbocycles. The van der Waals surface area contributed by atoms with Crippen LogP contribution in [0.5, 0.6) is 5.75 Å². The summed E-state index contributed by atoms with van der Waals surface area (Å²) in [5, 5.41) is 5.12. The minimum Gasteiger partial charge on any atom is -0.496 e. The molecule has 0 atom stereocenters. The molecule has 0 radical (unpaired) electrons. The maximum absolute atomic E-state index is 12.3. The molecule has 142 valence electrons. The zero-order chi connectivity index (χ0) is 19.5. The van der Waals surface area contributed by atoms with Gasteiger partial charge in [-0.05, 0) is 55.2 Å². The fraction of sp³-hybridized carbons (Fsp3) is 0.208. The van der Waals surface area contributed by atoms with E-state index in [1.165, 1.54) is 5.56 Å². The van der Waals surface area contributed by atoms with E-state index in [1.54, 1.807) is 7.11 Å². The van der Waals surface area contributed by atoms with E-state index in [-0.39, 0.29) is 5.91 Å². The summed E-state index contributed by atoms with van der Waals surface area (Å²) in [5.41, 5.74) is 4.73. The highest BCUT2D eigenvalue weighted by Crippen LogP contribution is 2.30. The van der Waals surface area contributed by atoms with Crippen molar-refractivity contribution in [3.63, 3.8) is 0 Å². The average molecular weight is 373 g/mol. The molecule has 1 amide bonds. The third kappa shape index (κ3) is 3.72. The van der Waals surface area contributed by atoms with Crippen LogP contribution in [0.2, 0.25) is 0 Å². The fourth-order valence-electron chi connectivity index (χ4n) is 3.58. The summed E-state index contributed by atoms with van der Waals surface area (Å²) in [6.45, 7) is 2.03. The van der Waals surface area contributed by atoms with Crippen LogP contribution in [0.15, 0.2) is 65.1 Å². The first-order chi connectivity index (χ1) is 13.6. The first kappa shape index (κ1) is 18.1. The average Bonchev–Trinajstić information content (AvgIpc) is 3.06. The SMILES string of the molecule is COc1ccc(CCCC(=O)Nc2ccc3c(c2)oc2ccccc23)cc1C. The van der Waals surface area contributed by atoms with Crippen molar-refractivity contribution in [3.05, 3.63) is 71.8 Å². The first-order valence-electron chi connectivity index (χ1n) is 9.49. The van der Waals surface area contributed by atoms with Crippen LogP contribution in [0.3, 0.4) is 0 Å². The number of carbonyl (C=O) groups is 1. The molecule has 0 saturated heterocycles. The van der Waals surface area contributed by atoms with Crippen molar-refractivity contribution in [2.75, 3.05) is 12.4 Å². The number of furan rings is 1.